The van der Waals surface area contributed by atoms with Gasteiger partial charge in [-0.3, -0.25) is 0 Å². The van der Waals surface area contributed by atoms with Crippen LogP contribution in [0.5, 0.6) is 0 Å². The predicted octanol–water partition coefficient (Wildman–Crippen LogP) is 2.15. The zero-order valence-corrected chi connectivity index (χ0v) is 13.6. The van der Waals surface area contributed by atoms with Crippen molar-refractivity contribution >= 4 is 10.9 Å². The number of nitrogens with one attached hydrogen (secondary N) is 1. The van der Waals surface area contributed by atoms with E-state index >= 15 is 0 Å². The maximum Gasteiger partial charge on any atom is 0.0593 e. The van der Waals surface area contributed by atoms with E-state index in [2.05, 4.69) is 67.1 Å². The Morgan fingerprint density at radius 3 is 2.67 bits per heavy atom. The molecule has 2 rings (SSSR count). The Balaban J connectivity index is 1.81. The number of aryl methyl sites for hydroxylation is 2. The molecule has 0 spiro atoms. The molecule has 0 radical (unpaired) electrons. The van der Waals surface area contributed by atoms with Crippen molar-refractivity contribution in [3.05, 3.63) is 35.5 Å². The van der Waals surface area contributed by atoms with Crippen LogP contribution in [0.3, 0.4) is 0 Å². The zero-order chi connectivity index (χ0) is 15.2. The molecule has 1 N–H and O–H groups in total. The lowest BCUT2D eigenvalue weighted by Crippen LogP contribution is -2.23. The van der Waals surface area contributed by atoms with Gasteiger partial charge in [0.1, 0.15) is 0 Å². The summed E-state index contributed by atoms with van der Waals surface area (Å²) in [5.74, 6) is 0. The molecule has 0 bridgehead atoms. The van der Waals surface area contributed by atoms with Gasteiger partial charge in [-0.15, -0.1) is 0 Å². The molecule has 0 saturated carbocycles. The molecule has 0 atom stereocenters. The molecule has 21 heavy (non-hydrogen) atoms. The van der Waals surface area contributed by atoms with Gasteiger partial charge in [0.2, 0.25) is 0 Å². The summed E-state index contributed by atoms with van der Waals surface area (Å²) < 4.78 is 7.87. The van der Waals surface area contributed by atoms with E-state index in [1.165, 1.54) is 22.2 Å². The number of nitrogens with zero attached hydrogens (tertiary/aromatic N) is 2. The summed E-state index contributed by atoms with van der Waals surface area (Å²) in [6.45, 7) is 6.50. The van der Waals surface area contributed by atoms with Crippen molar-refractivity contribution in [2.45, 2.75) is 13.5 Å². The Labute approximate surface area is 127 Å². The van der Waals surface area contributed by atoms with E-state index in [1.54, 1.807) is 0 Å². The third-order valence-corrected chi connectivity index (χ3v) is 3.91. The SMILES string of the molecule is Cc1c(CNCCOCCN(C)C)n(C)c2ccccc12. The minimum absolute atomic E-state index is 0.761. The average molecular weight is 289 g/mol. The molecule has 4 heteroatoms. The lowest BCUT2D eigenvalue weighted by atomic mass is 10.1. The molecule has 0 unspecified atom stereocenters. The molecule has 1 aromatic heterocycles. The Bertz CT molecular complexity index is 536. The van der Waals surface area contributed by atoms with E-state index in [4.69, 9.17) is 4.74 Å². The molecule has 0 saturated heterocycles. The summed E-state index contributed by atoms with van der Waals surface area (Å²) >= 11 is 0. The average Bonchev–Trinajstić information content (AvgIpc) is 2.71. The maximum absolute atomic E-state index is 5.59. The monoisotopic (exact) mass is 289 g/mol. The Morgan fingerprint density at radius 1 is 1.19 bits per heavy atom. The Morgan fingerprint density at radius 2 is 1.95 bits per heavy atom. The normalized spacial score (nSPS) is 11.7. The molecule has 0 aliphatic heterocycles. The molecule has 0 amide bonds. The molecule has 0 aliphatic carbocycles. The number of para-hydroxylation sites is 1. The van der Waals surface area contributed by atoms with Crippen LogP contribution in [0.2, 0.25) is 0 Å². The van der Waals surface area contributed by atoms with Crippen LogP contribution in [0.15, 0.2) is 24.3 Å². The number of hydrogen-bond acceptors (Lipinski definition) is 3. The third-order valence-electron chi connectivity index (χ3n) is 3.91. The van der Waals surface area contributed by atoms with E-state index in [1.807, 2.05) is 0 Å². The number of likely N-dealkylation sites (N-methyl/N-ethyl adjacent to an activating group) is 1. The van der Waals surface area contributed by atoms with Crippen molar-refractivity contribution in [3.63, 3.8) is 0 Å². The first-order valence-electron chi connectivity index (χ1n) is 7.57. The Kier molecular flexibility index (Phi) is 5.79. The van der Waals surface area contributed by atoms with Gasteiger partial charge in [-0.25, -0.2) is 0 Å². The van der Waals surface area contributed by atoms with Gasteiger partial charge in [0.05, 0.1) is 13.2 Å². The van der Waals surface area contributed by atoms with Crippen molar-refractivity contribution in [2.24, 2.45) is 7.05 Å². The van der Waals surface area contributed by atoms with E-state index in [-0.39, 0.29) is 0 Å². The summed E-state index contributed by atoms with van der Waals surface area (Å²) in [6.07, 6.45) is 0. The van der Waals surface area contributed by atoms with Crippen LogP contribution >= 0.6 is 0 Å². The highest BCUT2D eigenvalue weighted by Crippen LogP contribution is 2.23. The second-order valence-corrected chi connectivity index (χ2v) is 5.74. The van der Waals surface area contributed by atoms with Crippen molar-refractivity contribution in [2.75, 3.05) is 40.4 Å². The van der Waals surface area contributed by atoms with Crippen LogP contribution in [-0.2, 0) is 18.3 Å². The molecule has 2 aromatic rings. The van der Waals surface area contributed by atoms with E-state index < -0.39 is 0 Å². The van der Waals surface area contributed by atoms with Gasteiger partial charge < -0.3 is 19.5 Å². The number of aromatic nitrogens is 1. The van der Waals surface area contributed by atoms with Gasteiger partial charge in [-0.2, -0.15) is 0 Å². The second-order valence-electron chi connectivity index (χ2n) is 5.74. The minimum atomic E-state index is 0.761. The van der Waals surface area contributed by atoms with Crippen molar-refractivity contribution in [1.29, 1.82) is 0 Å². The van der Waals surface area contributed by atoms with Crippen LogP contribution in [0.4, 0.5) is 0 Å². The topological polar surface area (TPSA) is 29.4 Å². The van der Waals surface area contributed by atoms with Gasteiger partial charge >= 0.3 is 0 Å². The summed E-state index contributed by atoms with van der Waals surface area (Å²) in [5, 5.41) is 4.82. The Hall–Kier alpha value is -1.36. The largest absolute Gasteiger partial charge is 0.379 e. The summed E-state index contributed by atoms with van der Waals surface area (Å²) in [5.41, 5.74) is 4.02. The van der Waals surface area contributed by atoms with Crippen LogP contribution in [0, 0.1) is 6.92 Å². The minimum Gasteiger partial charge on any atom is -0.379 e. The number of fused-ring (bicyclic) bond motifs is 1. The molecule has 1 aromatic carbocycles. The van der Waals surface area contributed by atoms with Gasteiger partial charge in [0.25, 0.3) is 0 Å². The van der Waals surface area contributed by atoms with Crippen LogP contribution in [0.25, 0.3) is 10.9 Å². The molecular weight excluding hydrogens is 262 g/mol. The summed E-state index contributed by atoms with van der Waals surface area (Å²) in [6, 6.07) is 8.57. The van der Waals surface area contributed by atoms with E-state index in [9.17, 15) is 0 Å². The van der Waals surface area contributed by atoms with Crippen molar-refractivity contribution in [3.8, 4) is 0 Å². The summed E-state index contributed by atoms with van der Waals surface area (Å²) in [7, 11) is 6.26. The first-order valence-corrected chi connectivity index (χ1v) is 7.57. The maximum atomic E-state index is 5.59. The molecule has 116 valence electrons. The lowest BCUT2D eigenvalue weighted by Gasteiger charge is -2.11. The standard InChI is InChI=1S/C17H27N3O/c1-14-15-7-5-6-8-16(15)20(4)17(14)13-18-9-11-21-12-10-19(2)3/h5-8,18H,9-13H2,1-4H3. The third kappa shape index (κ3) is 4.06. The van der Waals surface area contributed by atoms with E-state index in [0.717, 1.165) is 32.8 Å². The first kappa shape index (κ1) is 16.0. The van der Waals surface area contributed by atoms with Crippen molar-refractivity contribution in [1.82, 2.24) is 14.8 Å². The van der Waals surface area contributed by atoms with Gasteiger partial charge in [0, 0.05) is 43.3 Å². The quantitative estimate of drug-likeness (QED) is 0.755. The zero-order valence-electron chi connectivity index (χ0n) is 13.6. The molecule has 0 fully saturated rings. The lowest BCUT2D eigenvalue weighted by molar-refractivity contribution is 0.119. The fourth-order valence-electron chi connectivity index (χ4n) is 2.59. The van der Waals surface area contributed by atoms with Gasteiger partial charge in [-0.05, 0) is 32.6 Å². The molecule has 1 heterocycles. The summed E-state index contributed by atoms with van der Waals surface area (Å²) in [4.78, 5) is 2.13. The molecule has 0 aliphatic rings. The second kappa shape index (κ2) is 7.59. The van der Waals surface area contributed by atoms with Crippen molar-refractivity contribution < 1.29 is 4.74 Å². The number of rotatable bonds is 8. The number of ether oxygens (including phenoxy) is 1. The number of hydrogen-bond donors (Lipinski definition) is 1. The molecule has 4 nitrogen and oxygen atoms in total. The fraction of sp³-hybridized carbons (Fsp3) is 0.529. The predicted molar refractivity (Wildman–Crippen MR) is 88.7 cm³/mol. The van der Waals surface area contributed by atoms with Crippen LogP contribution < -0.4 is 5.32 Å². The fourth-order valence-corrected chi connectivity index (χ4v) is 2.59. The number of benzene rings is 1. The highest BCUT2D eigenvalue weighted by atomic mass is 16.5. The smallest absolute Gasteiger partial charge is 0.0593 e. The van der Waals surface area contributed by atoms with Crippen LogP contribution in [0.1, 0.15) is 11.3 Å². The highest BCUT2D eigenvalue weighted by molar-refractivity contribution is 5.85. The molecular formula is C17H27N3O. The van der Waals surface area contributed by atoms with Gasteiger partial charge in [0.15, 0.2) is 0 Å². The highest BCUT2D eigenvalue weighted by Gasteiger charge is 2.10. The van der Waals surface area contributed by atoms with Gasteiger partial charge in [-0.1, -0.05) is 18.2 Å². The van der Waals surface area contributed by atoms with E-state index in [0.29, 0.717) is 0 Å². The van der Waals surface area contributed by atoms with Crippen LogP contribution in [-0.4, -0.2) is 49.9 Å². The first-order chi connectivity index (χ1) is 10.1.